The van der Waals surface area contributed by atoms with E-state index in [2.05, 4.69) is 0 Å². The van der Waals surface area contributed by atoms with Gasteiger partial charge in [0.2, 0.25) is 0 Å². The fourth-order valence-electron chi connectivity index (χ4n) is 0.736. The zero-order valence-electron chi connectivity index (χ0n) is 6.91. The lowest BCUT2D eigenvalue weighted by Gasteiger charge is -2.10. The van der Waals surface area contributed by atoms with Crippen LogP contribution in [0, 0.1) is 0 Å². The molecule has 0 aliphatic carbocycles. The van der Waals surface area contributed by atoms with Crippen molar-refractivity contribution in [1.82, 2.24) is 0 Å². The van der Waals surface area contributed by atoms with E-state index >= 15 is 0 Å². The molecule has 0 aliphatic rings. The molecular weight excluding hydrogens is 173 g/mol. The minimum absolute atomic E-state index is 0.421. The van der Waals surface area contributed by atoms with E-state index in [1.165, 1.54) is 0 Å². The molecular formula is C9H12FNS. The number of nitrogens with two attached hydrogens (primary N) is 1. The van der Waals surface area contributed by atoms with Crippen LogP contribution in [0.5, 0.6) is 0 Å². The van der Waals surface area contributed by atoms with Gasteiger partial charge in [0.05, 0.1) is 0 Å². The minimum Gasteiger partial charge on any atom is -0.325 e. The van der Waals surface area contributed by atoms with Gasteiger partial charge in [-0.1, -0.05) is 30.0 Å². The van der Waals surface area contributed by atoms with Gasteiger partial charge < -0.3 is 5.73 Å². The van der Waals surface area contributed by atoms with Gasteiger partial charge in [-0.3, -0.25) is 0 Å². The summed E-state index contributed by atoms with van der Waals surface area (Å²) < 4.78 is 13.0. The van der Waals surface area contributed by atoms with Gasteiger partial charge in [0, 0.05) is 10.9 Å². The first-order chi connectivity index (χ1) is 5.70. The molecule has 1 aromatic rings. The number of hydrogen-bond acceptors (Lipinski definition) is 2. The molecule has 0 fully saturated rings. The first-order valence-corrected chi connectivity index (χ1v) is 4.69. The Balaban J connectivity index is 2.53. The lowest BCUT2D eigenvalue weighted by Crippen LogP contribution is -2.25. The number of rotatable bonds is 3. The highest BCUT2D eigenvalue weighted by Crippen LogP contribution is 2.24. The smallest absolute Gasteiger partial charge is 0.165 e. The van der Waals surface area contributed by atoms with E-state index in [0.29, 0.717) is 0 Å². The third-order valence-electron chi connectivity index (χ3n) is 1.41. The van der Waals surface area contributed by atoms with Crippen LogP contribution >= 0.6 is 11.8 Å². The number of hydrogen-bond donors (Lipinski definition) is 1. The van der Waals surface area contributed by atoms with Crippen molar-refractivity contribution in [3.63, 3.8) is 0 Å². The SMILES string of the molecule is CC(N)C(F)Sc1ccccc1. The number of halogens is 1. The van der Waals surface area contributed by atoms with Crippen molar-refractivity contribution in [2.45, 2.75) is 23.4 Å². The summed E-state index contributed by atoms with van der Waals surface area (Å²) in [7, 11) is 0. The largest absolute Gasteiger partial charge is 0.325 e. The topological polar surface area (TPSA) is 26.0 Å². The second-order valence-corrected chi connectivity index (χ2v) is 3.80. The molecule has 2 unspecified atom stereocenters. The molecule has 0 saturated heterocycles. The standard InChI is InChI=1S/C9H12FNS/c1-7(11)9(10)12-8-5-3-2-4-6-8/h2-7,9H,11H2,1H3. The summed E-state index contributed by atoms with van der Waals surface area (Å²) in [6.45, 7) is 1.67. The molecule has 1 nitrogen and oxygen atoms in total. The summed E-state index contributed by atoms with van der Waals surface area (Å²) >= 11 is 1.16. The van der Waals surface area contributed by atoms with Gasteiger partial charge in [0.1, 0.15) is 0 Å². The van der Waals surface area contributed by atoms with E-state index < -0.39 is 11.5 Å². The van der Waals surface area contributed by atoms with Gasteiger partial charge in [0.25, 0.3) is 0 Å². The molecule has 2 N–H and O–H groups in total. The monoisotopic (exact) mass is 185 g/mol. The fourth-order valence-corrected chi connectivity index (χ4v) is 1.53. The Morgan fingerprint density at radius 1 is 1.33 bits per heavy atom. The van der Waals surface area contributed by atoms with Crippen LogP contribution in [0.2, 0.25) is 0 Å². The number of benzene rings is 1. The van der Waals surface area contributed by atoms with Crippen LogP contribution in [0.3, 0.4) is 0 Å². The van der Waals surface area contributed by atoms with Crippen LogP contribution in [-0.4, -0.2) is 11.5 Å². The Morgan fingerprint density at radius 2 is 1.92 bits per heavy atom. The van der Waals surface area contributed by atoms with Crippen molar-refractivity contribution >= 4 is 11.8 Å². The molecule has 1 aromatic carbocycles. The summed E-state index contributed by atoms with van der Waals surface area (Å²) in [5.41, 5.74) is 4.37. The molecule has 0 radical (unpaired) electrons. The molecule has 0 saturated carbocycles. The second-order valence-electron chi connectivity index (χ2n) is 2.64. The maximum atomic E-state index is 13.0. The zero-order valence-corrected chi connectivity index (χ0v) is 7.72. The van der Waals surface area contributed by atoms with E-state index in [1.54, 1.807) is 6.92 Å². The molecule has 0 heterocycles. The summed E-state index contributed by atoms with van der Waals surface area (Å²) in [4.78, 5) is 0.919. The normalized spacial score (nSPS) is 15.6. The Hall–Kier alpha value is -0.540. The van der Waals surface area contributed by atoms with Gasteiger partial charge in [-0.15, -0.1) is 0 Å². The molecule has 1 rings (SSSR count). The fraction of sp³-hybridized carbons (Fsp3) is 0.333. The van der Waals surface area contributed by atoms with Crippen molar-refractivity contribution in [2.24, 2.45) is 5.73 Å². The van der Waals surface area contributed by atoms with Crippen LogP contribution in [0.25, 0.3) is 0 Å². The Labute approximate surface area is 76.2 Å². The number of thioether (sulfide) groups is 1. The second kappa shape index (κ2) is 4.48. The average molecular weight is 185 g/mol. The van der Waals surface area contributed by atoms with Gasteiger partial charge in [-0.05, 0) is 19.1 Å². The lowest BCUT2D eigenvalue weighted by molar-refractivity contribution is 0.403. The molecule has 0 aromatic heterocycles. The Morgan fingerprint density at radius 3 is 2.42 bits per heavy atom. The molecule has 66 valence electrons. The van der Waals surface area contributed by atoms with Gasteiger partial charge in [-0.2, -0.15) is 0 Å². The highest BCUT2D eigenvalue weighted by Gasteiger charge is 2.12. The van der Waals surface area contributed by atoms with Crippen molar-refractivity contribution in [3.8, 4) is 0 Å². The minimum atomic E-state index is -1.02. The highest BCUT2D eigenvalue weighted by atomic mass is 32.2. The Kier molecular flexibility index (Phi) is 3.56. The van der Waals surface area contributed by atoms with Crippen LogP contribution in [-0.2, 0) is 0 Å². The van der Waals surface area contributed by atoms with Crippen LogP contribution in [0.4, 0.5) is 4.39 Å². The predicted octanol–water partition coefficient (Wildman–Crippen LogP) is 2.42. The average Bonchev–Trinajstić information content (AvgIpc) is 2.06. The molecule has 0 bridgehead atoms. The van der Waals surface area contributed by atoms with Crippen LogP contribution in [0.15, 0.2) is 35.2 Å². The molecule has 3 heteroatoms. The van der Waals surface area contributed by atoms with Crippen molar-refractivity contribution < 1.29 is 4.39 Å². The predicted molar refractivity (Wildman–Crippen MR) is 50.8 cm³/mol. The van der Waals surface area contributed by atoms with Crippen LogP contribution in [0.1, 0.15) is 6.92 Å². The maximum Gasteiger partial charge on any atom is 0.165 e. The molecule has 12 heavy (non-hydrogen) atoms. The highest BCUT2D eigenvalue weighted by molar-refractivity contribution is 7.99. The van der Waals surface area contributed by atoms with Crippen molar-refractivity contribution in [2.75, 3.05) is 0 Å². The first kappa shape index (κ1) is 9.55. The maximum absolute atomic E-state index is 13.0. The van der Waals surface area contributed by atoms with E-state index in [0.717, 1.165) is 16.7 Å². The molecule has 0 spiro atoms. The molecule has 0 aliphatic heterocycles. The Bertz CT molecular complexity index is 225. The third-order valence-corrected chi connectivity index (χ3v) is 2.60. The van der Waals surface area contributed by atoms with Gasteiger partial charge >= 0.3 is 0 Å². The van der Waals surface area contributed by atoms with Crippen molar-refractivity contribution in [3.05, 3.63) is 30.3 Å². The summed E-state index contributed by atoms with van der Waals surface area (Å²) in [6, 6.07) is 9.00. The van der Waals surface area contributed by atoms with Crippen LogP contribution < -0.4 is 5.73 Å². The first-order valence-electron chi connectivity index (χ1n) is 3.81. The quantitative estimate of drug-likeness (QED) is 0.732. The van der Waals surface area contributed by atoms with E-state index in [4.69, 9.17) is 5.73 Å². The third kappa shape index (κ3) is 2.83. The van der Waals surface area contributed by atoms with Gasteiger partial charge in [0.15, 0.2) is 5.50 Å². The summed E-state index contributed by atoms with van der Waals surface area (Å²) in [5, 5.41) is 0. The number of alkyl halides is 1. The van der Waals surface area contributed by atoms with E-state index in [1.807, 2.05) is 30.3 Å². The van der Waals surface area contributed by atoms with E-state index in [9.17, 15) is 4.39 Å². The molecule has 0 amide bonds. The molecule has 2 atom stereocenters. The lowest BCUT2D eigenvalue weighted by atomic mass is 10.4. The zero-order chi connectivity index (χ0) is 8.97. The summed E-state index contributed by atoms with van der Waals surface area (Å²) in [6.07, 6.45) is 0. The summed E-state index contributed by atoms with van der Waals surface area (Å²) in [5.74, 6) is 0. The van der Waals surface area contributed by atoms with Crippen molar-refractivity contribution in [1.29, 1.82) is 0 Å². The van der Waals surface area contributed by atoms with E-state index in [-0.39, 0.29) is 0 Å². The van der Waals surface area contributed by atoms with Gasteiger partial charge in [-0.25, -0.2) is 4.39 Å².